The molecule has 150 valence electrons. The van der Waals surface area contributed by atoms with Crippen molar-refractivity contribution in [3.8, 4) is 11.8 Å². The van der Waals surface area contributed by atoms with Gasteiger partial charge in [0, 0.05) is 6.42 Å². The smallest absolute Gasteiger partial charge is 0.303 e. The largest absolute Gasteiger partial charge is 0.481 e. The van der Waals surface area contributed by atoms with Crippen LogP contribution in [0.2, 0.25) is 0 Å². The molecule has 3 saturated carbocycles. The Labute approximate surface area is 163 Å². The molecule has 6 atom stereocenters. The molecular formula is C23H34O4. The van der Waals surface area contributed by atoms with Gasteiger partial charge in [0.2, 0.25) is 0 Å². The Bertz CT molecular complexity index is 608. The van der Waals surface area contributed by atoms with E-state index in [0.717, 1.165) is 19.3 Å². The van der Waals surface area contributed by atoms with Crippen LogP contribution in [0.4, 0.5) is 0 Å². The summed E-state index contributed by atoms with van der Waals surface area (Å²) in [6.07, 6.45) is 10.6. The average Bonchev–Trinajstić information content (AvgIpc) is 2.64. The maximum atomic E-state index is 10.7. The second kappa shape index (κ2) is 9.26. The van der Waals surface area contributed by atoms with E-state index in [4.69, 9.17) is 5.11 Å². The number of hydrogen-bond acceptors (Lipinski definition) is 3. The van der Waals surface area contributed by atoms with E-state index in [1.807, 2.05) is 0 Å². The summed E-state index contributed by atoms with van der Waals surface area (Å²) in [6, 6.07) is 0. The molecule has 0 radical (unpaired) electrons. The number of allylic oxidation sites excluding steroid dienone is 2. The molecule has 0 aromatic carbocycles. The standard InChI is InChI=1S/C23H34O4/c1-15-18(8-5-9-22(26)27)19-12-13-21(25)20(23(15)19)11-10-17(24)14-16-6-3-2-4-7-16/h8,15-17,19-21,23-25H,2-7,9,12-14H2,1H3,(H,26,27)/t15?,17?,19-,20+,21-,23+/m0/s1. The average molecular weight is 375 g/mol. The number of aliphatic hydroxyl groups is 2. The lowest BCUT2D eigenvalue weighted by Gasteiger charge is -2.53. The molecule has 2 unspecified atom stereocenters. The van der Waals surface area contributed by atoms with Crippen LogP contribution in [0, 0.1) is 41.4 Å². The summed E-state index contributed by atoms with van der Waals surface area (Å²) in [7, 11) is 0. The maximum absolute atomic E-state index is 10.7. The number of fused-ring (bicyclic) bond motifs is 1. The number of rotatable bonds is 5. The molecule has 4 heteroatoms. The van der Waals surface area contributed by atoms with Crippen molar-refractivity contribution < 1.29 is 20.1 Å². The van der Waals surface area contributed by atoms with Gasteiger partial charge in [-0.2, -0.15) is 0 Å². The molecule has 0 saturated heterocycles. The summed E-state index contributed by atoms with van der Waals surface area (Å²) >= 11 is 0. The quantitative estimate of drug-likeness (QED) is 0.506. The predicted molar refractivity (Wildman–Crippen MR) is 105 cm³/mol. The van der Waals surface area contributed by atoms with Crippen LogP contribution in [0.3, 0.4) is 0 Å². The van der Waals surface area contributed by atoms with Crippen LogP contribution in [0.1, 0.15) is 71.1 Å². The number of carboxylic acid groups (broad SMARTS) is 1. The minimum atomic E-state index is -0.759. The summed E-state index contributed by atoms with van der Waals surface area (Å²) in [5, 5.41) is 29.7. The van der Waals surface area contributed by atoms with Crippen molar-refractivity contribution in [3.63, 3.8) is 0 Å². The molecule has 0 spiro atoms. The first kappa shape index (κ1) is 20.4. The van der Waals surface area contributed by atoms with Crippen molar-refractivity contribution in [1.82, 2.24) is 0 Å². The van der Waals surface area contributed by atoms with Crippen LogP contribution in [0.15, 0.2) is 11.6 Å². The molecule has 3 N–H and O–H groups in total. The van der Waals surface area contributed by atoms with Crippen molar-refractivity contribution >= 4 is 5.97 Å². The zero-order valence-electron chi connectivity index (χ0n) is 16.4. The third-order valence-electron chi connectivity index (χ3n) is 7.03. The first-order valence-corrected chi connectivity index (χ1v) is 10.8. The number of carbonyl (C=O) groups is 1. The third-order valence-corrected chi connectivity index (χ3v) is 7.03. The lowest BCUT2D eigenvalue weighted by Crippen LogP contribution is -2.50. The fraction of sp³-hybridized carbons (Fsp3) is 0.783. The Morgan fingerprint density at radius 3 is 2.67 bits per heavy atom. The summed E-state index contributed by atoms with van der Waals surface area (Å²) in [6.45, 7) is 2.17. The minimum absolute atomic E-state index is 0.0728. The van der Waals surface area contributed by atoms with Gasteiger partial charge in [0.25, 0.3) is 0 Å². The van der Waals surface area contributed by atoms with Gasteiger partial charge in [-0.25, -0.2) is 0 Å². The van der Waals surface area contributed by atoms with E-state index in [0.29, 0.717) is 30.1 Å². The maximum Gasteiger partial charge on any atom is 0.303 e. The molecule has 3 fully saturated rings. The van der Waals surface area contributed by atoms with Crippen molar-refractivity contribution in [3.05, 3.63) is 11.6 Å². The Kier molecular flexibility index (Phi) is 7.00. The van der Waals surface area contributed by atoms with Gasteiger partial charge >= 0.3 is 5.97 Å². The molecule has 0 aliphatic heterocycles. The molecule has 3 aliphatic carbocycles. The second-order valence-corrected chi connectivity index (χ2v) is 8.82. The highest BCUT2D eigenvalue weighted by Gasteiger charge is 2.50. The van der Waals surface area contributed by atoms with Crippen molar-refractivity contribution in [2.24, 2.45) is 29.6 Å². The van der Waals surface area contributed by atoms with Crippen LogP contribution >= 0.6 is 0 Å². The van der Waals surface area contributed by atoms with Crippen molar-refractivity contribution in [2.45, 2.75) is 83.3 Å². The van der Waals surface area contributed by atoms with Gasteiger partial charge in [-0.3, -0.25) is 4.79 Å². The normalized spacial score (nSPS) is 36.3. The molecule has 3 rings (SSSR count). The second-order valence-electron chi connectivity index (χ2n) is 8.82. The van der Waals surface area contributed by atoms with Crippen LogP contribution in [-0.4, -0.2) is 33.5 Å². The monoisotopic (exact) mass is 374 g/mol. The summed E-state index contributed by atoms with van der Waals surface area (Å²) < 4.78 is 0. The lowest BCUT2D eigenvalue weighted by molar-refractivity contribution is -0.136. The third kappa shape index (κ3) is 4.95. The SMILES string of the molecule is CC1C(=CCCC(=O)O)[C@@H]2CC[C@H](O)[C@@H](C#CC(O)CC3CCCCC3)[C@H]12. The Morgan fingerprint density at radius 1 is 1.22 bits per heavy atom. The summed E-state index contributed by atoms with van der Waals surface area (Å²) in [5.74, 6) is 7.16. The highest BCUT2D eigenvalue weighted by molar-refractivity contribution is 5.66. The zero-order valence-corrected chi connectivity index (χ0v) is 16.4. The summed E-state index contributed by atoms with van der Waals surface area (Å²) in [5.41, 5.74) is 1.35. The fourth-order valence-corrected chi connectivity index (χ4v) is 5.60. The molecule has 27 heavy (non-hydrogen) atoms. The van der Waals surface area contributed by atoms with Crippen LogP contribution in [0.5, 0.6) is 0 Å². The Balaban J connectivity index is 1.59. The van der Waals surface area contributed by atoms with E-state index in [1.54, 1.807) is 0 Å². The van der Waals surface area contributed by atoms with Crippen LogP contribution in [0.25, 0.3) is 0 Å². The molecule has 0 bridgehead atoms. The number of aliphatic carboxylic acids is 1. The first-order chi connectivity index (χ1) is 13.0. The lowest BCUT2D eigenvalue weighted by atomic mass is 9.51. The highest BCUT2D eigenvalue weighted by Crippen LogP contribution is 2.55. The molecule has 0 heterocycles. The van der Waals surface area contributed by atoms with E-state index < -0.39 is 18.2 Å². The molecule has 3 aliphatic rings. The minimum Gasteiger partial charge on any atom is -0.481 e. The molecule has 0 amide bonds. The van der Waals surface area contributed by atoms with Crippen molar-refractivity contribution in [1.29, 1.82) is 0 Å². The zero-order chi connectivity index (χ0) is 19.4. The predicted octanol–water partition coefficient (Wildman–Crippen LogP) is 3.77. The van der Waals surface area contributed by atoms with E-state index in [1.165, 1.54) is 37.7 Å². The van der Waals surface area contributed by atoms with Gasteiger partial charge in [0.15, 0.2) is 0 Å². The van der Waals surface area contributed by atoms with Crippen LogP contribution < -0.4 is 0 Å². The van der Waals surface area contributed by atoms with Gasteiger partial charge in [-0.1, -0.05) is 62.5 Å². The van der Waals surface area contributed by atoms with Gasteiger partial charge in [0.05, 0.1) is 12.0 Å². The van der Waals surface area contributed by atoms with Gasteiger partial charge in [0.1, 0.15) is 6.10 Å². The van der Waals surface area contributed by atoms with Gasteiger partial charge in [-0.15, -0.1) is 0 Å². The number of hydrogen-bond donors (Lipinski definition) is 3. The molecule has 0 aromatic rings. The van der Waals surface area contributed by atoms with Crippen LogP contribution in [-0.2, 0) is 4.79 Å². The topological polar surface area (TPSA) is 77.8 Å². The van der Waals surface area contributed by atoms with Gasteiger partial charge < -0.3 is 15.3 Å². The molecule has 0 aromatic heterocycles. The first-order valence-electron chi connectivity index (χ1n) is 10.8. The Hall–Kier alpha value is -1.31. The Morgan fingerprint density at radius 2 is 1.96 bits per heavy atom. The molecule has 4 nitrogen and oxygen atoms in total. The van der Waals surface area contributed by atoms with Gasteiger partial charge in [-0.05, 0) is 49.4 Å². The van der Waals surface area contributed by atoms with E-state index in [9.17, 15) is 15.0 Å². The van der Waals surface area contributed by atoms with E-state index >= 15 is 0 Å². The van der Waals surface area contributed by atoms with E-state index in [2.05, 4.69) is 24.8 Å². The number of aliphatic hydroxyl groups excluding tert-OH is 2. The number of carboxylic acids is 1. The molecular weight excluding hydrogens is 340 g/mol. The van der Waals surface area contributed by atoms with Crippen molar-refractivity contribution in [2.75, 3.05) is 0 Å². The fourth-order valence-electron chi connectivity index (χ4n) is 5.60. The van der Waals surface area contributed by atoms with E-state index in [-0.39, 0.29) is 12.3 Å². The highest BCUT2D eigenvalue weighted by atomic mass is 16.4. The summed E-state index contributed by atoms with van der Waals surface area (Å²) in [4.78, 5) is 10.7.